The summed E-state index contributed by atoms with van der Waals surface area (Å²) in [4.78, 5) is 2.33. The average Bonchev–Trinajstić information content (AvgIpc) is 3.62. The fraction of sp³-hybridized carbons (Fsp3) is 0.0357. The van der Waals surface area contributed by atoms with Crippen LogP contribution in [0.25, 0.3) is 60.9 Å². The molecule has 0 unspecified atom stereocenters. The molecular weight excluding hydrogens is 701 g/mol. The van der Waals surface area contributed by atoms with Crippen molar-refractivity contribution in [2.75, 3.05) is 4.90 Å². The van der Waals surface area contributed by atoms with E-state index in [1.165, 1.54) is 71.9 Å². The first-order valence-corrected chi connectivity index (χ1v) is 20.1. The van der Waals surface area contributed by atoms with Crippen LogP contribution in [0.1, 0.15) is 16.7 Å². The number of aryl methyl sites for hydroxylation is 1. The zero-order chi connectivity index (χ0) is 38.8. The first-order valence-electron chi connectivity index (χ1n) is 20.1. The number of nitrogens with zero attached hydrogens (tertiary/aromatic N) is 2. The third-order valence-corrected chi connectivity index (χ3v) is 11.4. The summed E-state index contributed by atoms with van der Waals surface area (Å²) in [5, 5.41) is 2.49. The molecule has 10 aromatic rings. The number of rotatable bonds is 9. The van der Waals surface area contributed by atoms with Gasteiger partial charge in [0.05, 0.1) is 11.0 Å². The van der Waals surface area contributed by atoms with E-state index >= 15 is 0 Å². The van der Waals surface area contributed by atoms with Crippen LogP contribution in [0.15, 0.2) is 224 Å². The molecular formula is C56H42N2. The Morgan fingerprint density at radius 2 is 0.948 bits per heavy atom. The summed E-state index contributed by atoms with van der Waals surface area (Å²) >= 11 is 0. The van der Waals surface area contributed by atoms with Crippen molar-refractivity contribution in [1.29, 1.82) is 0 Å². The number of para-hydroxylation sites is 2. The van der Waals surface area contributed by atoms with Gasteiger partial charge in [0.15, 0.2) is 0 Å². The van der Waals surface area contributed by atoms with E-state index in [0.29, 0.717) is 0 Å². The van der Waals surface area contributed by atoms with Crippen molar-refractivity contribution in [3.8, 4) is 39.1 Å². The normalized spacial score (nSPS) is 11.3. The number of anilines is 3. The van der Waals surface area contributed by atoms with Gasteiger partial charge in [0.1, 0.15) is 0 Å². The quantitative estimate of drug-likeness (QED) is 0.143. The number of fused-ring (bicyclic) bond motifs is 3. The molecule has 0 saturated carbocycles. The van der Waals surface area contributed by atoms with E-state index < -0.39 is 0 Å². The molecule has 0 saturated heterocycles. The smallest absolute Gasteiger partial charge is 0.0547 e. The Balaban J connectivity index is 1.07. The van der Waals surface area contributed by atoms with E-state index in [1.54, 1.807) is 0 Å². The van der Waals surface area contributed by atoms with Gasteiger partial charge in [-0.3, -0.25) is 0 Å². The van der Waals surface area contributed by atoms with E-state index in [4.69, 9.17) is 0 Å². The van der Waals surface area contributed by atoms with Crippen molar-refractivity contribution in [2.45, 2.75) is 13.3 Å². The highest BCUT2D eigenvalue weighted by atomic mass is 15.1. The average molecular weight is 743 g/mol. The van der Waals surface area contributed by atoms with Crippen molar-refractivity contribution in [3.63, 3.8) is 0 Å². The summed E-state index contributed by atoms with van der Waals surface area (Å²) in [7, 11) is 0. The zero-order valence-electron chi connectivity index (χ0n) is 32.5. The molecule has 0 N–H and O–H groups in total. The van der Waals surface area contributed by atoms with Crippen LogP contribution in [0.5, 0.6) is 0 Å². The Bertz CT molecular complexity index is 3000. The Morgan fingerprint density at radius 3 is 1.71 bits per heavy atom. The lowest BCUT2D eigenvalue weighted by Gasteiger charge is -2.26. The first kappa shape index (κ1) is 35.0. The zero-order valence-corrected chi connectivity index (χ0v) is 32.5. The third-order valence-electron chi connectivity index (χ3n) is 11.4. The monoisotopic (exact) mass is 742 g/mol. The maximum absolute atomic E-state index is 2.43. The molecule has 1 aromatic heterocycles. The minimum absolute atomic E-state index is 0.884. The molecule has 9 aromatic carbocycles. The molecule has 0 radical (unpaired) electrons. The molecule has 0 aliphatic heterocycles. The predicted octanol–water partition coefficient (Wildman–Crippen LogP) is 15.2. The van der Waals surface area contributed by atoms with E-state index in [9.17, 15) is 0 Å². The maximum atomic E-state index is 2.43. The minimum Gasteiger partial charge on any atom is -0.311 e. The van der Waals surface area contributed by atoms with Gasteiger partial charge in [0, 0.05) is 33.5 Å². The van der Waals surface area contributed by atoms with Gasteiger partial charge < -0.3 is 9.47 Å². The summed E-state index contributed by atoms with van der Waals surface area (Å²) in [6.45, 7) is 2.24. The van der Waals surface area contributed by atoms with Gasteiger partial charge in [0.2, 0.25) is 0 Å². The highest BCUT2D eigenvalue weighted by Crippen LogP contribution is 2.41. The standard InChI is InChI=1S/C56H42N2/c1-40-16-15-26-51(56(40)50-24-12-11-21-44(50)38-41-17-5-2-6-18-41)45-30-37-53-52-25-13-14-27-54(52)58(55(53)39-45)49-35-33-48(34-36-49)57(46-22-9-4-10-23-46)47-31-28-43(29-32-47)42-19-7-3-8-20-42/h2-37,39H,38H2,1H3. The molecule has 0 atom stereocenters. The van der Waals surface area contributed by atoms with Crippen LogP contribution in [-0.2, 0) is 6.42 Å². The lowest BCUT2D eigenvalue weighted by atomic mass is 9.87. The molecule has 0 spiro atoms. The highest BCUT2D eigenvalue weighted by Gasteiger charge is 2.19. The highest BCUT2D eigenvalue weighted by molar-refractivity contribution is 6.10. The lowest BCUT2D eigenvalue weighted by molar-refractivity contribution is 1.17. The van der Waals surface area contributed by atoms with Gasteiger partial charge in [-0.1, -0.05) is 164 Å². The maximum Gasteiger partial charge on any atom is 0.0547 e. The largest absolute Gasteiger partial charge is 0.311 e. The van der Waals surface area contributed by atoms with Crippen LogP contribution in [0.4, 0.5) is 17.1 Å². The predicted molar refractivity (Wildman–Crippen MR) is 246 cm³/mol. The number of benzene rings is 9. The summed E-state index contributed by atoms with van der Waals surface area (Å²) in [6.07, 6.45) is 0.884. The second-order valence-electron chi connectivity index (χ2n) is 15.0. The van der Waals surface area contributed by atoms with Crippen LogP contribution in [0.3, 0.4) is 0 Å². The summed E-state index contributed by atoms with van der Waals surface area (Å²) in [5.74, 6) is 0. The van der Waals surface area contributed by atoms with Gasteiger partial charge in [-0.05, 0) is 124 Å². The molecule has 1 heterocycles. The Labute approximate surface area is 340 Å². The van der Waals surface area contributed by atoms with Gasteiger partial charge in [0.25, 0.3) is 0 Å². The fourth-order valence-electron chi connectivity index (χ4n) is 8.62. The number of aromatic nitrogens is 1. The third kappa shape index (κ3) is 6.55. The number of hydrogen-bond donors (Lipinski definition) is 0. The molecule has 58 heavy (non-hydrogen) atoms. The molecule has 0 aliphatic carbocycles. The van der Waals surface area contributed by atoms with E-state index in [0.717, 1.165) is 29.2 Å². The van der Waals surface area contributed by atoms with Gasteiger partial charge >= 0.3 is 0 Å². The Morgan fingerprint density at radius 1 is 0.397 bits per heavy atom. The second kappa shape index (κ2) is 15.3. The van der Waals surface area contributed by atoms with Crippen molar-refractivity contribution in [3.05, 3.63) is 241 Å². The molecule has 0 amide bonds. The minimum atomic E-state index is 0.884. The Hall–Kier alpha value is -7.42. The summed E-state index contributed by atoms with van der Waals surface area (Å²) in [6, 6.07) is 81.3. The van der Waals surface area contributed by atoms with Crippen molar-refractivity contribution >= 4 is 38.9 Å². The fourth-order valence-corrected chi connectivity index (χ4v) is 8.62. The summed E-state index contributed by atoms with van der Waals surface area (Å²) < 4.78 is 2.43. The van der Waals surface area contributed by atoms with Crippen LogP contribution < -0.4 is 4.90 Å². The summed E-state index contributed by atoms with van der Waals surface area (Å²) in [5.41, 5.74) is 18.2. The molecule has 0 fully saturated rings. The van der Waals surface area contributed by atoms with Crippen LogP contribution in [0, 0.1) is 6.92 Å². The van der Waals surface area contributed by atoms with Crippen LogP contribution in [0.2, 0.25) is 0 Å². The topological polar surface area (TPSA) is 8.17 Å². The van der Waals surface area contributed by atoms with Gasteiger partial charge in [-0.2, -0.15) is 0 Å². The van der Waals surface area contributed by atoms with Crippen LogP contribution >= 0.6 is 0 Å². The molecule has 2 nitrogen and oxygen atoms in total. The second-order valence-corrected chi connectivity index (χ2v) is 15.0. The van der Waals surface area contributed by atoms with E-state index in [2.05, 4.69) is 241 Å². The van der Waals surface area contributed by atoms with Crippen molar-refractivity contribution in [1.82, 2.24) is 4.57 Å². The molecule has 0 aliphatic rings. The van der Waals surface area contributed by atoms with E-state index in [1.807, 2.05) is 0 Å². The number of hydrogen-bond acceptors (Lipinski definition) is 1. The Kier molecular flexibility index (Phi) is 9.21. The first-order chi connectivity index (χ1) is 28.7. The van der Waals surface area contributed by atoms with E-state index in [-0.39, 0.29) is 0 Å². The molecule has 276 valence electrons. The van der Waals surface area contributed by atoms with Crippen molar-refractivity contribution < 1.29 is 0 Å². The lowest BCUT2D eigenvalue weighted by Crippen LogP contribution is -2.10. The molecule has 10 rings (SSSR count). The SMILES string of the molecule is Cc1cccc(-c2ccc3c4ccccc4n(-c4ccc(N(c5ccccc5)c5ccc(-c6ccccc6)cc5)cc4)c3c2)c1-c1ccccc1Cc1ccccc1. The van der Waals surface area contributed by atoms with Crippen LogP contribution in [-0.4, -0.2) is 4.57 Å². The molecule has 2 heteroatoms. The van der Waals surface area contributed by atoms with Gasteiger partial charge in [-0.15, -0.1) is 0 Å². The van der Waals surface area contributed by atoms with Gasteiger partial charge in [-0.25, -0.2) is 0 Å². The molecule has 0 bridgehead atoms. The van der Waals surface area contributed by atoms with Crippen molar-refractivity contribution in [2.24, 2.45) is 0 Å².